The fourth-order valence-electron chi connectivity index (χ4n) is 3.22. The number of alkyl halides is 1. The molecule has 0 saturated heterocycles. The van der Waals surface area contributed by atoms with E-state index in [0.717, 1.165) is 5.56 Å². The van der Waals surface area contributed by atoms with Gasteiger partial charge < -0.3 is 37.9 Å². The normalized spacial score (nSPS) is 10.7. The van der Waals surface area contributed by atoms with Gasteiger partial charge in [0.25, 0.3) is 0 Å². The van der Waals surface area contributed by atoms with Crippen LogP contribution in [0.15, 0.2) is 24.3 Å². The molecule has 1 atom stereocenters. The molecular weight excluding hydrogens is 508 g/mol. The highest BCUT2D eigenvalue weighted by Crippen LogP contribution is 2.41. The summed E-state index contributed by atoms with van der Waals surface area (Å²) in [5.74, 6) is 2.07. The Morgan fingerprint density at radius 2 is 1.08 bits per heavy atom. The fourth-order valence-corrected chi connectivity index (χ4v) is 3.40. The lowest BCUT2D eigenvalue weighted by molar-refractivity contribution is -0.143. The van der Waals surface area contributed by atoms with Crippen LogP contribution in [0.3, 0.4) is 0 Å². The zero-order valence-electron chi connectivity index (χ0n) is 22.5. The minimum absolute atomic E-state index is 0.171. The number of esters is 2. The maximum Gasteiger partial charge on any atom is 0.328 e. The highest BCUT2D eigenvalue weighted by atomic mass is 35.5. The molecule has 0 saturated carbocycles. The van der Waals surface area contributed by atoms with Crippen molar-refractivity contribution in [3.8, 4) is 34.5 Å². The number of hydrogen-bond donors (Lipinski definition) is 0. The van der Waals surface area contributed by atoms with E-state index in [1.165, 1.54) is 42.7 Å². The van der Waals surface area contributed by atoms with Crippen LogP contribution < -0.4 is 28.4 Å². The van der Waals surface area contributed by atoms with Crippen molar-refractivity contribution >= 4 is 23.5 Å². The van der Waals surface area contributed by atoms with Crippen molar-refractivity contribution in [1.82, 2.24) is 0 Å². The van der Waals surface area contributed by atoms with Crippen LogP contribution in [-0.4, -0.2) is 67.8 Å². The monoisotopic (exact) mass is 542 g/mol. The number of rotatable bonds is 12. The molecule has 0 spiro atoms. The summed E-state index contributed by atoms with van der Waals surface area (Å²) < 4.78 is 41.0. The van der Waals surface area contributed by atoms with Crippen LogP contribution in [0.2, 0.25) is 0 Å². The minimum atomic E-state index is -0.923. The van der Waals surface area contributed by atoms with E-state index in [9.17, 15) is 9.59 Å². The van der Waals surface area contributed by atoms with Gasteiger partial charge in [-0.25, -0.2) is 0 Å². The second kappa shape index (κ2) is 16.3. The van der Waals surface area contributed by atoms with Gasteiger partial charge in [0.2, 0.25) is 11.5 Å². The molecule has 0 fully saturated rings. The van der Waals surface area contributed by atoms with Gasteiger partial charge in [-0.3, -0.25) is 9.59 Å². The molecule has 0 heterocycles. The molecule has 2 aromatic rings. The van der Waals surface area contributed by atoms with Crippen LogP contribution in [0.1, 0.15) is 30.4 Å². The smallest absolute Gasteiger partial charge is 0.328 e. The van der Waals surface area contributed by atoms with Crippen molar-refractivity contribution in [3.63, 3.8) is 0 Å². The van der Waals surface area contributed by atoms with E-state index in [1.807, 2.05) is 0 Å². The predicted octanol–water partition coefficient (Wildman–Crippen LogP) is 4.37. The van der Waals surface area contributed by atoms with Gasteiger partial charge in [-0.1, -0.05) is 0 Å². The van der Waals surface area contributed by atoms with Crippen LogP contribution in [0.5, 0.6) is 34.5 Å². The number of benzene rings is 2. The molecule has 2 aromatic carbocycles. The molecular formula is C26H35ClO10. The highest BCUT2D eigenvalue weighted by molar-refractivity contribution is 6.30. The second-order valence-electron chi connectivity index (χ2n) is 7.09. The zero-order chi connectivity index (χ0) is 28.0. The summed E-state index contributed by atoms with van der Waals surface area (Å²) in [5, 5.41) is -0.923. The molecule has 0 radical (unpaired) electrons. The summed E-state index contributed by atoms with van der Waals surface area (Å²) in [4.78, 5) is 23.1. The first kappa shape index (κ1) is 31.5. The average molecular weight is 543 g/mol. The van der Waals surface area contributed by atoms with Gasteiger partial charge in [0.15, 0.2) is 28.4 Å². The third kappa shape index (κ3) is 8.82. The van der Waals surface area contributed by atoms with Gasteiger partial charge in [-0.15, -0.1) is 11.6 Å². The van der Waals surface area contributed by atoms with Gasteiger partial charge in [0.05, 0.1) is 62.3 Å². The quantitative estimate of drug-likeness (QED) is 0.283. The third-order valence-electron chi connectivity index (χ3n) is 4.85. The Bertz CT molecular complexity index is 974. The minimum Gasteiger partial charge on any atom is -0.493 e. The van der Waals surface area contributed by atoms with Crippen LogP contribution in [0.25, 0.3) is 0 Å². The zero-order valence-corrected chi connectivity index (χ0v) is 23.2. The molecule has 10 nitrogen and oxygen atoms in total. The molecule has 0 aromatic heterocycles. The van der Waals surface area contributed by atoms with E-state index in [2.05, 4.69) is 0 Å². The Morgan fingerprint density at radius 1 is 0.676 bits per heavy atom. The van der Waals surface area contributed by atoms with E-state index in [4.69, 9.17) is 49.5 Å². The van der Waals surface area contributed by atoms with Gasteiger partial charge in [-0.05, 0) is 49.2 Å². The Morgan fingerprint density at radius 3 is 1.43 bits per heavy atom. The summed E-state index contributed by atoms with van der Waals surface area (Å²) in [6, 6.07) is 6.71. The van der Waals surface area contributed by atoms with Gasteiger partial charge in [-0.2, -0.15) is 0 Å². The van der Waals surface area contributed by atoms with Gasteiger partial charge in [0.1, 0.15) is 0 Å². The molecule has 1 unspecified atom stereocenters. The van der Waals surface area contributed by atoms with Crippen LogP contribution in [-0.2, 0) is 25.5 Å². The molecule has 0 aliphatic carbocycles. The lowest BCUT2D eigenvalue weighted by Crippen LogP contribution is -2.11. The Balaban J connectivity index is 0.000000371. The van der Waals surface area contributed by atoms with Gasteiger partial charge >= 0.3 is 11.9 Å². The summed E-state index contributed by atoms with van der Waals surface area (Å²) in [5.41, 5.74) is 1.28. The maximum atomic E-state index is 11.6. The van der Waals surface area contributed by atoms with Crippen LogP contribution >= 0.6 is 11.6 Å². The Kier molecular flexibility index (Phi) is 13.8. The fraction of sp³-hybridized carbons (Fsp3) is 0.462. The van der Waals surface area contributed by atoms with E-state index >= 15 is 0 Å². The Hall–Kier alpha value is -3.53. The lowest BCUT2D eigenvalue weighted by Gasteiger charge is -2.16. The first-order valence-electron chi connectivity index (χ1n) is 11.3. The SMILES string of the molecule is CCOC(=O)C(Cl)c1cc(OC)c(OC)c(OC)c1.CCOC(=O)Cc1cc(OC)c(OC)c(OC)c1. The molecule has 0 aliphatic heterocycles. The standard InChI is InChI=1S/C13H17ClO5.C13H18O5/c1-5-19-13(15)11(14)8-6-9(16-2)12(18-4)10(7-8)17-3;1-5-18-12(14)8-9-6-10(15-2)13(17-4)11(7-9)16-3/h6-7,11H,5H2,1-4H3;6-7H,5,8H2,1-4H3. The van der Waals surface area contributed by atoms with Crippen molar-refractivity contribution < 1.29 is 47.5 Å². The largest absolute Gasteiger partial charge is 0.493 e. The summed E-state index contributed by atoms with van der Waals surface area (Å²) in [7, 11) is 9.09. The molecule has 206 valence electrons. The second-order valence-corrected chi connectivity index (χ2v) is 7.53. The highest BCUT2D eigenvalue weighted by Gasteiger charge is 2.23. The van der Waals surface area contributed by atoms with Crippen LogP contribution in [0, 0.1) is 0 Å². The van der Waals surface area contributed by atoms with E-state index < -0.39 is 11.3 Å². The van der Waals surface area contributed by atoms with Crippen molar-refractivity contribution in [2.24, 2.45) is 0 Å². The van der Waals surface area contributed by atoms with Crippen molar-refractivity contribution in [2.75, 3.05) is 55.9 Å². The maximum absolute atomic E-state index is 11.6. The van der Waals surface area contributed by atoms with Crippen LogP contribution in [0.4, 0.5) is 0 Å². The Labute approximate surface area is 222 Å². The molecule has 0 amide bonds. The number of carbonyl (C=O) groups is 2. The summed E-state index contributed by atoms with van der Waals surface area (Å²) in [6.45, 7) is 4.12. The molecule has 0 N–H and O–H groups in total. The van der Waals surface area contributed by atoms with E-state index in [0.29, 0.717) is 46.7 Å². The third-order valence-corrected chi connectivity index (χ3v) is 5.28. The van der Waals surface area contributed by atoms with E-state index in [1.54, 1.807) is 38.1 Å². The lowest BCUT2D eigenvalue weighted by atomic mass is 10.1. The molecule has 11 heteroatoms. The molecule has 0 aliphatic rings. The average Bonchev–Trinajstić information content (AvgIpc) is 2.91. The predicted molar refractivity (Wildman–Crippen MR) is 138 cm³/mol. The number of halogens is 1. The first-order valence-corrected chi connectivity index (χ1v) is 11.7. The van der Waals surface area contributed by atoms with Crippen molar-refractivity contribution in [3.05, 3.63) is 35.4 Å². The summed E-state index contributed by atoms with van der Waals surface area (Å²) >= 11 is 6.06. The molecule has 2 rings (SSSR count). The molecule has 0 bridgehead atoms. The van der Waals surface area contributed by atoms with Crippen molar-refractivity contribution in [1.29, 1.82) is 0 Å². The van der Waals surface area contributed by atoms with E-state index in [-0.39, 0.29) is 19.0 Å². The number of methoxy groups -OCH3 is 6. The first-order chi connectivity index (χ1) is 17.7. The topological polar surface area (TPSA) is 108 Å². The summed E-state index contributed by atoms with van der Waals surface area (Å²) in [6.07, 6.45) is 0.171. The van der Waals surface area contributed by atoms with Crippen molar-refractivity contribution in [2.45, 2.75) is 25.6 Å². The number of hydrogen-bond acceptors (Lipinski definition) is 10. The number of carbonyl (C=O) groups excluding carboxylic acids is 2. The number of ether oxygens (including phenoxy) is 8. The molecule has 37 heavy (non-hydrogen) atoms. The van der Waals surface area contributed by atoms with Gasteiger partial charge in [0, 0.05) is 0 Å².